The van der Waals surface area contributed by atoms with Gasteiger partial charge in [-0.3, -0.25) is 4.79 Å². The molecule has 4 rings (SSSR count). The zero-order valence-corrected chi connectivity index (χ0v) is 11.3. The van der Waals surface area contributed by atoms with E-state index in [2.05, 4.69) is 10.2 Å². The molecule has 1 aromatic carbocycles. The Labute approximate surface area is 113 Å². The second-order valence-electron chi connectivity index (χ2n) is 5.45. The van der Waals surface area contributed by atoms with Crippen LogP contribution in [0.25, 0.3) is 0 Å². The summed E-state index contributed by atoms with van der Waals surface area (Å²) in [5.41, 5.74) is 0.677. The molecule has 4 heteroatoms. The van der Waals surface area contributed by atoms with E-state index in [0.29, 0.717) is 17.5 Å². The van der Waals surface area contributed by atoms with Crippen molar-refractivity contribution in [3.63, 3.8) is 0 Å². The van der Waals surface area contributed by atoms with Crippen LogP contribution in [0.15, 0.2) is 24.3 Å². The largest absolute Gasteiger partial charge is 0.497 e. The highest BCUT2D eigenvalue weighted by atomic mass is 16.5. The minimum atomic E-state index is 0.0117. The summed E-state index contributed by atoms with van der Waals surface area (Å²) in [7, 11) is 1.62. The molecule has 3 aliphatic heterocycles. The van der Waals surface area contributed by atoms with Crippen molar-refractivity contribution >= 4 is 5.91 Å². The number of ether oxygens (including phenoxy) is 1. The van der Waals surface area contributed by atoms with E-state index in [1.165, 1.54) is 25.9 Å². The molecule has 4 nitrogen and oxygen atoms in total. The maximum atomic E-state index is 12.3. The third-order valence-electron chi connectivity index (χ3n) is 4.30. The van der Waals surface area contributed by atoms with Gasteiger partial charge in [0, 0.05) is 18.2 Å². The fraction of sp³-hybridized carbons (Fsp3) is 0.533. The summed E-state index contributed by atoms with van der Waals surface area (Å²) in [6.07, 6.45) is 2.42. The summed E-state index contributed by atoms with van der Waals surface area (Å²) in [6.45, 7) is 3.38. The standard InChI is InChI=1S/C15H20N2O2/c1-19-13-4-2-3-12(9-13)15(18)16-14-10-17-7-5-11(14)6-8-17/h2-4,9,11,14H,5-8,10H2,1H3,(H,16,18). The normalized spacial score (nSPS) is 29.0. The number of piperidine rings is 3. The quantitative estimate of drug-likeness (QED) is 0.896. The molecule has 3 fully saturated rings. The third-order valence-corrected chi connectivity index (χ3v) is 4.30. The highest BCUT2D eigenvalue weighted by Gasteiger charge is 2.34. The van der Waals surface area contributed by atoms with Crippen LogP contribution >= 0.6 is 0 Å². The molecule has 1 aromatic rings. The fourth-order valence-electron chi connectivity index (χ4n) is 3.14. The highest BCUT2D eigenvalue weighted by Crippen LogP contribution is 2.27. The van der Waals surface area contributed by atoms with Gasteiger partial charge in [-0.2, -0.15) is 0 Å². The smallest absolute Gasteiger partial charge is 0.251 e. The first kappa shape index (κ1) is 12.5. The lowest BCUT2D eigenvalue weighted by atomic mass is 9.84. The molecule has 19 heavy (non-hydrogen) atoms. The molecule has 1 N–H and O–H groups in total. The van der Waals surface area contributed by atoms with Crippen LogP contribution in [0.4, 0.5) is 0 Å². The van der Waals surface area contributed by atoms with Gasteiger partial charge in [0.2, 0.25) is 0 Å². The Kier molecular flexibility index (Phi) is 3.42. The lowest BCUT2D eigenvalue weighted by Crippen LogP contribution is -2.57. The Morgan fingerprint density at radius 2 is 2.16 bits per heavy atom. The first-order chi connectivity index (χ1) is 9.26. The highest BCUT2D eigenvalue weighted by molar-refractivity contribution is 5.94. The van der Waals surface area contributed by atoms with Crippen LogP contribution < -0.4 is 10.1 Å². The number of nitrogens with one attached hydrogen (secondary N) is 1. The molecule has 0 radical (unpaired) electrons. The summed E-state index contributed by atoms with van der Waals surface area (Å²) in [6, 6.07) is 7.63. The topological polar surface area (TPSA) is 41.6 Å². The van der Waals surface area contributed by atoms with E-state index in [0.717, 1.165) is 12.3 Å². The lowest BCUT2D eigenvalue weighted by molar-refractivity contribution is 0.0620. The Balaban J connectivity index is 1.67. The molecule has 3 heterocycles. The van der Waals surface area contributed by atoms with Crippen LogP contribution in [-0.2, 0) is 0 Å². The molecule has 102 valence electrons. The minimum absolute atomic E-state index is 0.0117. The number of hydrogen-bond acceptors (Lipinski definition) is 3. The second-order valence-corrected chi connectivity index (χ2v) is 5.45. The van der Waals surface area contributed by atoms with Crippen LogP contribution in [-0.4, -0.2) is 43.6 Å². The van der Waals surface area contributed by atoms with Crippen LogP contribution in [0, 0.1) is 5.92 Å². The number of nitrogens with zero attached hydrogens (tertiary/aromatic N) is 1. The molecule has 3 saturated heterocycles. The number of amides is 1. The van der Waals surface area contributed by atoms with Crippen molar-refractivity contribution in [1.29, 1.82) is 0 Å². The van der Waals surface area contributed by atoms with Crippen molar-refractivity contribution in [2.75, 3.05) is 26.7 Å². The van der Waals surface area contributed by atoms with Crippen molar-refractivity contribution in [1.82, 2.24) is 10.2 Å². The second kappa shape index (κ2) is 5.21. The zero-order valence-electron chi connectivity index (χ0n) is 11.3. The molecule has 0 aliphatic carbocycles. The van der Waals surface area contributed by atoms with Crippen LogP contribution in [0.2, 0.25) is 0 Å². The summed E-state index contributed by atoms with van der Waals surface area (Å²) in [5.74, 6) is 1.39. The molecule has 0 spiro atoms. The summed E-state index contributed by atoms with van der Waals surface area (Å²) in [5, 5.41) is 3.18. The van der Waals surface area contributed by atoms with Crippen LogP contribution in [0.1, 0.15) is 23.2 Å². The number of fused-ring (bicyclic) bond motifs is 3. The van der Waals surface area contributed by atoms with Gasteiger partial charge in [-0.25, -0.2) is 0 Å². The van der Waals surface area contributed by atoms with Gasteiger partial charge in [-0.1, -0.05) is 6.07 Å². The molecule has 1 unspecified atom stereocenters. The van der Waals surface area contributed by atoms with Crippen molar-refractivity contribution < 1.29 is 9.53 Å². The fourth-order valence-corrected chi connectivity index (χ4v) is 3.14. The van der Waals surface area contributed by atoms with Crippen molar-refractivity contribution in [3.8, 4) is 5.75 Å². The average molecular weight is 260 g/mol. The van der Waals surface area contributed by atoms with E-state index in [9.17, 15) is 4.79 Å². The van der Waals surface area contributed by atoms with Crippen molar-refractivity contribution in [3.05, 3.63) is 29.8 Å². The number of methoxy groups -OCH3 is 1. The monoisotopic (exact) mass is 260 g/mol. The van der Waals surface area contributed by atoms with Gasteiger partial charge >= 0.3 is 0 Å². The lowest BCUT2D eigenvalue weighted by Gasteiger charge is -2.44. The molecule has 0 aromatic heterocycles. The maximum Gasteiger partial charge on any atom is 0.251 e. The summed E-state index contributed by atoms with van der Waals surface area (Å²) < 4.78 is 5.16. The van der Waals surface area contributed by atoms with Crippen LogP contribution in [0.5, 0.6) is 5.75 Å². The molecule has 3 aliphatic rings. The van der Waals surface area contributed by atoms with Gasteiger partial charge < -0.3 is 15.0 Å². The third kappa shape index (κ3) is 2.59. The van der Waals surface area contributed by atoms with E-state index in [4.69, 9.17) is 4.74 Å². The molecular weight excluding hydrogens is 240 g/mol. The Bertz CT molecular complexity index is 467. The molecule has 1 amide bonds. The number of hydrogen-bond donors (Lipinski definition) is 1. The summed E-state index contributed by atoms with van der Waals surface area (Å²) >= 11 is 0. The van der Waals surface area contributed by atoms with E-state index in [1.54, 1.807) is 13.2 Å². The van der Waals surface area contributed by atoms with Crippen molar-refractivity contribution in [2.24, 2.45) is 5.92 Å². The van der Waals surface area contributed by atoms with Gasteiger partial charge in [0.25, 0.3) is 5.91 Å². The SMILES string of the molecule is COc1cccc(C(=O)NC2CN3CCC2CC3)c1. The van der Waals surface area contributed by atoms with E-state index < -0.39 is 0 Å². The van der Waals surface area contributed by atoms with Crippen LogP contribution in [0.3, 0.4) is 0 Å². The van der Waals surface area contributed by atoms with Gasteiger partial charge in [-0.05, 0) is 50.0 Å². The first-order valence-electron chi connectivity index (χ1n) is 6.93. The molecule has 1 atom stereocenters. The predicted molar refractivity (Wildman–Crippen MR) is 73.4 cm³/mol. The number of benzene rings is 1. The minimum Gasteiger partial charge on any atom is -0.497 e. The van der Waals surface area contributed by atoms with Gasteiger partial charge in [-0.15, -0.1) is 0 Å². The number of rotatable bonds is 3. The average Bonchev–Trinajstić information content (AvgIpc) is 2.48. The summed E-state index contributed by atoms with van der Waals surface area (Å²) in [4.78, 5) is 14.7. The molecule has 0 saturated carbocycles. The molecular formula is C15H20N2O2. The predicted octanol–water partition coefficient (Wildman–Crippen LogP) is 1.52. The Hall–Kier alpha value is -1.55. The van der Waals surface area contributed by atoms with Gasteiger partial charge in [0.1, 0.15) is 5.75 Å². The zero-order chi connectivity index (χ0) is 13.2. The maximum absolute atomic E-state index is 12.3. The van der Waals surface area contributed by atoms with E-state index in [1.807, 2.05) is 18.2 Å². The first-order valence-corrected chi connectivity index (χ1v) is 6.93. The molecule has 2 bridgehead atoms. The van der Waals surface area contributed by atoms with Gasteiger partial charge in [0.15, 0.2) is 0 Å². The Morgan fingerprint density at radius 1 is 1.37 bits per heavy atom. The number of carbonyl (C=O) groups is 1. The van der Waals surface area contributed by atoms with E-state index in [-0.39, 0.29) is 5.91 Å². The van der Waals surface area contributed by atoms with E-state index >= 15 is 0 Å². The number of carbonyl (C=O) groups excluding carboxylic acids is 1. The Morgan fingerprint density at radius 3 is 2.79 bits per heavy atom. The van der Waals surface area contributed by atoms with Gasteiger partial charge in [0.05, 0.1) is 7.11 Å². The van der Waals surface area contributed by atoms with Crippen molar-refractivity contribution in [2.45, 2.75) is 18.9 Å².